The van der Waals surface area contributed by atoms with Gasteiger partial charge in [-0.3, -0.25) is 20.4 Å². The Morgan fingerprint density at radius 1 is 1.65 bits per heavy atom. The maximum absolute atomic E-state index is 10.9. The van der Waals surface area contributed by atoms with Crippen molar-refractivity contribution in [2.75, 3.05) is 0 Å². The van der Waals surface area contributed by atoms with Crippen molar-refractivity contribution in [1.82, 2.24) is 10.3 Å². The normalized spacial score (nSPS) is 11.9. The molecule has 1 atom stereocenters. The molecule has 0 aliphatic heterocycles. The summed E-state index contributed by atoms with van der Waals surface area (Å²) >= 11 is 0. The Kier molecular flexibility index (Phi) is 4.18. The summed E-state index contributed by atoms with van der Waals surface area (Å²) in [6, 6.07) is -0.0865. The third-order valence-electron chi connectivity index (χ3n) is 2.58. The molecule has 0 saturated carbocycles. The van der Waals surface area contributed by atoms with Crippen LogP contribution in [0.3, 0.4) is 0 Å². The van der Waals surface area contributed by atoms with Crippen LogP contribution in [0, 0.1) is 36.3 Å². The van der Waals surface area contributed by atoms with E-state index < -0.39 is 0 Å². The van der Waals surface area contributed by atoms with Crippen molar-refractivity contribution in [1.29, 1.82) is 0 Å². The van der Waals surface area contributed by atoms with E-state index in [4.69, 9.17) is 6.42 Å². The molecule has 1 unspecified atom stereocenters. The van der Waals surface area contributed by atoms with E-state index in [1.54, 1.807) is 13.8 Å². The first-order valence-corrected chi connectivity index (χ1v) is 5.26. The number of rotatable bonds is 4. The third-order valence-corrected chi connectivity index (χ3v) is 2.58. The Labute approximate surface area is 100 Å². The molecule has 1 aromatic rings. The van der Waals surface area contributed by atoms with Crippen LogP contribution in [0.25, 0.3) is 0 Å². The topological polar surface area (TPSA) is 68.1 Å². The highest BCUT2D eigenvalue weighted by Crippen LogP contribution is 2.23. The van der Waals surface area contributed by atoms with E-state index in [-0.39, 0.29) is 16.7 Å². The standard InChI is InChI=1S/C12H15N3O2/c1-5-9(3)13-7-11-10(4)12(15(16)17)8(2)6-14-11/h1,6,9,13H,7H2,2-4H3. The van der Waals surface area contributed by atoms with Crippen molar-refractivity contribution in [3.8, 4) is 12.3 Å². The van der Waals surface area contributed by atoms with Gasteiger partial charge in [0.1, 0.15) is 0 Å². The molecule has 5 nitrogen and oxygen atoms in total. The van der Waals surface area contributed by atoms with Crippen LogP contribution < -0.4 is 5.32 Å². The monoisotopic (exact) mass is 233 g/mol. The highest BCUT2D eigenvalue weighted by molar-refractivity contribution is 5.47. The SMILES string of the molecule is C#CC(C)NCc1ncc(C)c([N+](=O)[O-])c1C. The van der Waals surface area contributed by atoms with Gasteiger partial charge in [-0.2, -0.15) is 0 Å². The second-order valence-electron chi connectivity index (χ2n) is 3.89. The lowest BCUT2D eigenvalue weighted by Crippen LogP contribution is -2.24. The number of pyridine rings is 1. The van der Waals surface area contributed by atoms with Crippen molar-refractivity contribution in [3.05, 3.63) is 33.1 Å². The number of aromatic nitrogens is 1. The van der Waals surface area contributed by atoms with E-state index >= 15 is 0 Å². The van der Waals surface area contributed by atoms with Gasteiger partial charge in [0.15, 0.2) is 0 Å². The fourth-order valence-corrected chi connectivity index (χ4v) is 1.53. The van der Waals surface area contributed by atoms with Gasteiger partial charge in [-0.1, -0.05) is 5.92 Å². The van der Waals surface area contributed by atoms with Crippen LogP contribution in [-0.4, -0.2) is 15.9 Å². The highest BCUT2D eigenvalue weighted by atomic mass is 16.6. The third kappa shape index (κ3) is 3.02. The van der Waals surface area contributed by atoms with Crippen molar-refractivity contribution in [2.24, 2.45) is 0 Å². The molecular formula is C12H15N3O2. The largest absolute Gasteiger partial charge is 0.298 e. The van der Waals surface area contributed by atoms with Crippen LogP contribution in [0.4, 0.5) is 5.69 Å². The molecular weight excluding hydrogens is 218 g/mol. The summed E-state index contributed by atoms with van der Waals surface area (Å²) in [5.41, 5.74) is 1.95. The molecule has 5 heteroatoms. The number of nitrogens with zero attached hydrogens (tertiary/aromatic N) is 2. The number of nitrogens with one attached hydrogen (secondary N) is 1. The lowest BCUT2D eigenvalue weighted by atomic mass is 10.1. The molecule has 1 rings (SSSR count). The average Bonchev–Trinajstić information content (AvgIpc) is 2.27. The van der Waals surface area contributed by atoms with Crippen LogP contribution in [0.5, 0.6) is 0 Å². The minimum absolute atomic E-state index is 0.0865. The van der Waals surface area contributed by atoms with Gasteiger partial charge in [0.25, 0.3) is 5.69 Å². The minimum Gasteiger partial charge on any atom is -0.298 e. The summed E-state index contributed by atoms with van der Waals surface area (Å²) in [5.74, 6) is 2.53. The van der Waals surface area contributed by atoms with E-state index in [0.29, 0.717) is 23.4 Å². The van der Waals surface area contributed by atoms with E-state index in [2.05, 4.69) is 16.2 Å². The molecule has 0 radical (unpaired) electrons. The Morgan fingerprint density at radius 3 is 2.82 bits per heavy atom. The molecule has 0 fully saturated rings. The van der Waals surface area contributed by atoms with E-state index in [1.807, 2.05) is 6.92 Å². The zero-order valence-corrected chi connectivity index (χ0v) is 10.2. The van der Waals surface area contributed by atoms with Crippen LogP contribution in [0.1, 0.15) is 23.7 Å². The van der Waals surface area contributed by atoms with Gasteiger partial charge in [-0.05, 0) is 20.8 Å². The lowest BCUT2D eigenvalue weighted by molar-refractivity contribution is -0.386. The first kappa shape index (κ1) is 13.1. The smallest absolute Gasteiger partial charge is 0.278 e. The molecule has 17 heavy (non-hydrogen) atoms. The molecule has 0 aromatic carbocycles. The molecule has 90 valence electrons. The number of nitro groups is 1. The second kappa shape index (κ2) is 5.41. The zero-order chi connectivity index (χ0) is 13.0. The molecule has 1 aromatic heterocycles. The summed E-state index contributed by atoms with van der Waals surface area (Å²) in [7, 11) is 0. The zero-order valence-electron chi connectivity index (χ0n) is 10.2. The Balaban J connectivity index is 3.00. The average molecular weight is 233 g/mol. The van der Waals surface area contributed by atoms with E-state index in [0.717, 1.165) is 0 Å². The molecule has 0 bridgehead atoms. The summed E-state index contributed by atoms with van der Waals surface area (Å²) < 4.78 is 0. The lowest BCUT2D eigenvalue weighted by Gasteiger charge is -2.10. The molecule has 0 spiro atoms. The second-order valence-corrected chi connectivity index (χ2v) is 3.89. The fourth-order valence-electron chi connectivity index (χ4n) is 1.53. The van der Waals surface area contributed by atoms with Gasteiger partial charge < -0.3 is 0 Å². The molecule has 0 amide bonds. The summed E-state index contributed by atoms with van der Waals surface area (Å²) in [6.45, 7) is 5.66. The van der Waals surface area contributed by atoms with Crippen molar-refractivity contribution >= 4 is 5.69 Å². The number of hydrogen-bond acceptors (Lipinski definition) is 4. The number of terminal acetylenes is 1. The Hall–Kier alpha value is -1.93. The molecule has 1 N–H and O–H groups in total. The first-order valence-electron chi connectivity index (χ1n) is 5.26. The quantitative estimate of drug-likeness (QED) is 0.488. The minimum atomic E-state index is -0.375. The maximum atomic E-state index is 10.9. The summed E-state index contributed by atoms with van der Waals surface area (Å²) in [4.78, 5) is 14.7. The van der Waals surface area contributed by atoms with Crippen LogP contribution in [0.15, 0.2) is 6.20 Å². The summed E-state index contributed by atoms with van der Waals surface area (Å²) in [5, 5.41) is 14.0. The van der Waals surface area contributed by atoms with Crippen LogP contribution in [0.2, 0.25) is 0 Å². The van der Waals surface area contributed by atoms with Gasteiger partial charge in [0.05, 0.1) is 16.7 Å². The first-order chi connectivity index (χ1) is 7.97. The van der Waals surface area contributed by atoms with Gasteiger partial charge in [0, 0.05) is 23.9 Å². The van der Waals surface area contributed by atoms with Gasteiger partial charge in [-0.25, -0.2) is 0 Å². The predicted molar refractivity (Wildman–Crippen MR) is 65.5 cm³/mol. The maximum Gasteiger partial charge on any atom is 0.278 e. The highest BCUT2D eigenvalue weighted by Gasteiger charge is 2.18. The fraction of sp³-hybridized carbons (Fsp3) is 0.417. The van der Waals surface area contributed by atoms with Crippen molar-refractivity contribution in [2.45, 2.75) is 33.4 Å². The van der Waals surface area contributed by atoms with Gasteiger partial charge >= 0.3 is 0 Å². The van der Waals surface area contributed by atoms with E-state index in [9.17, 15) is 10.1 Å². The van der Waals surface area contributed by atoms with Gasteiger partial charge in [-0.15, -0.1) is 6.42 Å². The molecule has 0 saturated heterocycles. The summed E-state index contributed by atoms with van der Waals surface area (Å²) in [6.07, 6.45) is 6.75. The Morgan fingerprint density at radius 2 is 2.29 bits per heavy atom. The predicted octanol–water partition coefficient (Wildman–Crippen LogP) is 1.72. The van der Waals surface area contributed by atoms with E-state index in [1.165, 1.54) is 6.20 Å². The van der Waals surface area contributed by atoms with Crippen molar-refractivity contribution < 1.29 is 4.92 Å². The number of aryl methyl sites for hydroxylation is 1. The number of hydrogen-bond donors (Lipinski definition) is 1. The van der Waals surface area contributed by atoms with Crippen molar-refractivity contribution in [3.63, 3.8) is 0 Å². The van der Waals surface area contributed by atoms with Crippen LogP contribution in [-0.2, 0) is 6.54 Å². The van der Waals surface area contributed by atoms with Crippen LogP contribution >= 0.6 is 0 Å². The Bertz CT molecular complexity index is 477. The molecule has 0 aliphatic carbocycles. The molecule has 1 heterocycles. The molecule has 0 aliphatic rings. The van der Waals surface area contributed by atoms with Gasteiger partial charge in [0.2, 0.25) is 0 Å².